The van der Waals surface area contributed by atoms with Crippen molar-refractivity contribution in [2.24, 2.45) is 0 Å². The van der Waals surface area contributed by atoms with E-state index < -0.39 is 6.17 Å². The first kappa shape index (κ1) is 9.66. The fraction of sp³-hybridized carbons (Fsp3) is 0.500. The fourth-order valence-corrected chi connectivity index (χ4v) is 1.91. The van der Waals surface area contributed by atoms with E-state index in [4.69, 9.17) is 0 Å². The van der Waals surface area contributed by atoms with Crippen LogP contribution in [0.25, 0.3) is 0 Å². The molecular formula is C12H16FN. The Labute approximate surface area is 84.3 Å². The van der Waals surface area contributed by atoms with Crippen LogP contribution in [-0.2, 0) is 0 Å². The van der Waals surface area contributed by atoms with E-state index in [0.717, 1.165) is 6.42 Å². The Morgan fingerprint density at radius 2 is 1.93 bits per heavy atom. The monoisotopic (exact) mass is 193 g/mol. The standard InChI is InChI=1S/C12H16FN/c1-9-2-4-10(5-3-9)12-7-6-11(13)8-14-12/h2-5,11-12,14H,6-8H2,1H3. The Morgan fingerprint density at radius 3 is 2.50 bits per heavy atom. The van der Waals surface area contributed by atoms with Gasteiger partial charge in [0.1, 0.15) is 6.17 Å². The number of rotatable bonds is 1. The Kier molecular flexibility index (Phi) is 2.82. The molecule has 1 saturated heterocycles. The van der Waals surface area contributed by atoms with Gasteiger partial charge in [-0.1, -0.05) is 29.8 Å². The zero-order valence-corrected chi connectivity index (χ0v) is 8.46. The predicted molar refractivity (Wildman–Crippen MR) is 56.1 cm³/mol. The van der Waals surface area contributed by atoms with Gasteiger partial charge >= 0.3 is 0 Å². The second kappa shape index (κ2) is 4.09. The first-order chi connectivity index (χ1) is 6.75. The lowest BCUT2D eigenvalue weighted by Crippen LogP contribution is -2.34. The van der Waals surface area contributed by atoms with Crippen molar-refractivity contribution in [2.45, 2.75) is 32.0 Å². The van der Waals surface area contributed by atoms with Crippen LogP contribution < -0.4 is 5.32 Å². The van der Waals surface area contributed by atoms with Crippen LogP contribution in [0.2, 0.25) is 0 Å². The van der Waals surface area contributed by atoms with Gasteiger partial charge in [0, 0.05) is 12.6 Å². The van der Waals surface area contributed by atoms with Gasteiger partial charge in [0.2, 0.25) is 0 Å². The minimum atomic E-state index is -0.656. The van der Waals surface area contributed by atoms with Crippen LogP contribution in [0.1, 0.15) is 30.0 Å². The van der Waals surface area contributed by atoms with Gasteiger partial charge in [-0.2, -0.15) is 0 Å². The summed E-state index contributed by atoms with van der Waals surface area (Å²) in [5.41, 5.74) is 2.55. The van der Waals surface area contributed by atoms with Gasteiger partial charge in [-0.15, -0.1) is 0 Å². The minimum absolute atomic E-state index is 0.350. The number of piperidine rings is 1. The molecule has 0 radical (unpaired) electrons. The van der Waals surface area contributed by atoms with Crippen molar-refractivity contribution in [1.29, 1.82) is 0 Å². The van der Waals surface area contributed by atoms with Gasteiger partial charge in [-0.3, -0.25) is 0 Å². The van der Waals surface area contributed by atoms with Gasteiger partial charge < -0.3 is 5.32 Å². The maximum atomic E-state index is 12.9. The molecule has 0 aromatic heterocycles. The summed E-state index contributed by atoms with van der Waals surface area (Å²) in [4.78, 5) is 0. The van der Waals surface area contributed by atoms with E-state index in [2.05, 4.69) is 36.5 Å². The Morgan fingerprint density at radius 1 is 1.21 bits per heavy atom. The fourth-order valence-electron chi connectivity index (χ4n) is 1.91. The minimum Gasteiger partial charge on any atom is -0.307 e. The summed E-state index contributed by atoms with van der Waals surface area (Å²) in [7, 11) is 0. The number of hydrogen-bond donors (Lipinski definition) is 1. The molecule has 76 valence electrons. The molecule has 0 saturated carbocycles. The highest BCUT2D eigenvalue weighted by Gasteiger charge is 2.20. The number of hydrogen-bond acceptors (Lipinski definition) is 1. The summed E-state index contributed by atoms with van der Waals surface area (Å²) in [6.07, 6.45) is 0.937. The first-order valence-electron chi connectivity index (χ1n) is 5.20. The van der Waals surface area contributed by atoms with Crippen molar-refractivity contribution >= 4 is 0 Å². The van der Waals surface area contributed by atoms with Crippen molar-refractivity contribution in [2.75, 3.05) is 6.54 Å². The summed E-state index contributed by atoms with van der Waals surface area (Å²) in [5.74, 6) is 0. The largest absolute Gasteiger partial charge is 0.307 e. The molecule has 14 heavy (non-hydrogen) atoms. The Bertz CT molecular complexity index is 286. The van der Waals surface area contributed by atoms with Crippen molar-refractivity contribution in [1.82, 2.24) is 5.32 Å². The van der Waals surface area contributed by atoms with Gasteiger partial charge in [-0.05, 0) is 25.3 Å². The third kappa shape index (κ3) is 2.13. The van der Waals surface area contributed by atoms with Crippen molar-refractivity contribution in [3.63, 3.8) is 0 Å². The van der Waals surface area contributed by atoms with Crippen molar-refractivity contribution in [3.05, 3.63) is 35.4 Å². The second-order valence-electron chi connectivity index (χ2n) is 4.05. The number of aryl methyl sites for hydroxylation is 1. The van der Waals surface area contributed by atoms with Crippen LogP contribution in [-0.4, -0.2) is 12.7 Å². The van der Waals surface area contributed by atoms with E-state index in [1.54, 1.807) is 0 Å². The van der Waals surface area contributed by atoms with Crippen LogP contribution >= 0.6 is 0 Å². The molecule has 1 heterocycles. The van der Waals surface area contributed by atoms with E-state index in [0.29, 0.717) is 19.0 Å². The summed E-state index contributed by atoms with van der Waals surface area (Å²) >= 11 is 0. The zero-order chi connectivity index (χ0) is 9.97. The van der Waals surface area contributed by atoms with Gasteiger partial charge in [-0.25, -0.2) is 4.39 Å². The first-order valence-corrected chi connectivity index (χ1v) is 5.20. The number of nitrogens with one attached hydrogen (secondary N) is 1. The molecule has 2 heteroatoms. The highest BCUT2D eigenvalue weighted by atomic mass is 19.1. The normalized spacial score (nSPS) is 27.6. The van der Waals surface area contributed by atoms with Crippen LogP contribution in [0.5, 0.6) is 0 Å². The highest BCUT2D eigenvalue weighted by molar-refractivity contribution is 5.24. The molecular weight excluding hydrogens is 177 g/mol. The number of halogens is 1. The maximum absolute atomic E-state index is 12.9. The van der Waals surface area contributed by atoms with Crippen molar-refractivity contribution < 1.29 is 4.39 Å². The molecule has 0 amide bonds. The molecule has 1 aliphatic rings. The predicted octanol–water partition coefficient (Wildman–Crippen LogP) is 2.76. The van der Waals surface area contributed by atoms with Gasteiger partial charge in [0.05, 0.1) is 0 Å². The average molecular weight is 193 g/mol. The van der Waals surface area contributed by atoms with Crippen molar-refractivity contribution in [3.8, 4) is 0 Å². The molecule has 1 fully saturated rings. The number of benzene rings is 1. The molecule has 1 aromatic carbocycles. The molecule has 0 bridgehead atoms. The lowest BCUT2D eigenvalue weighted by atomic mass is 9.96. The number of alkyl halides is 1. The molecule has 1 N–H and O–H groups in total. The van der Waals surface area contributed by atoms with Gasteiger partial charge in [0.15, 0.2) is 0 Å². The molecule has 1 aliphatic heterocycles. The molecule has 2 atom stereocenters. The summed E-state index contributed by atoms with van der Waals surface area (Å²) in [6.45, 7) is 2.58. The van der Waals surface area contributed by atoms with E-state index in [1.807, 2.05) is 0 Å². The molecule has 2 unspecified atom stereocenters. The van der Waals surface area contributed by atoms with E-state index >= 15 is 0 Å². The maximum Gasteiger partial charge on any atom is 0.113 e. The Hall–Kier alpha value is -0.890. The SMILES string of the molecule is Cc1ccc(C2CCC(F)CN2)cc1. The second-order valence-corrected chi connectivity index (χ2v) is 4.05. The lowest BCUT2D eigenvalue weighted by Gasteiger charge is -2.26. The summed E-state index contributed by atoms with van der Waals surface area (Å²) in [6, 6.07) is 8.83. The van der Waals surface area contributed by atoms with E-state index in [1.165, 1.54) is 11.1 Å². The third-order valence-corrected chi connectivity index (χ3v) is 2.83. The highest BCUT2D eigenvalue weighted by Crippen LogP contribution is 2.24. The Balaban J connectivity index is 2.05. The quantitative estimate of drug-likeness (QED) is 0.723. The molecule has 1 aromatic rings. The van der Waals surface area contributed by atoms with Crippen LogP contribution in [0.4, 0.5) is 4.39 Å². The molecule has 0 aliphatic carbocycles. The lowest BCUT2D eigenvalue weighted by molar-refractivity contribution is 0.234. The molecule has 1 nitrogen and oxygen atoms in total. The molecule has 0 spiro atoms. The van der Waals surface area contributed by atoms with Crippen LogP contribution in [0, 0.1) is 6.92 Å². The third-order valence-electron chi connectivity index (χ3n) is 2.83. The summed E-state index contributed by atoms with van der Waals surface area (Å²) < 4.78 is 12.9. The van der Waals surface area contributed by atoms with Crippen LogP contribution in [0.15, 0.2) is 24.3 Å². The van der Waals surface area contributed by atoms with E-state index in [9.17, 15) is 4.39 Å². The van der Waals surface area contributed by atoms with Gasteiger partial charge in [0.25, 0.3) is 0 Å². The average Bonchev–Trinajstić information content (AvgIpc) is 2.21. The summed E-state index contributed by atoms with van der Waals surface area (Å²) in [5, 5.41) is 3.23. The van der Waals surface area contributed by atoms with E-state index in [-0.39, 0.29) is 0 Å². The molecule has 2 rings (SSSR count). The zero-order valence-electron chi connectivity index (χ0n) is 8.46. The topological polar surface area (TPSA) is 12.0 Å². The smallest absolute Gasteiger partial charge is 0.113 e. The van der Waals surface area contributed by atoms with Crippen LogP contribution in [0.3, 0.4) is 0 Å².